The van der Waals surface area contributed by atoms with Crippen LogP contribution < -0.4 is 4.74 Å². The number of benzene rings is 1. The van der Waals surface area contributed by atoms with Crippen LogP contribution >= 0.6 is 11.6 Å². The van der Waals surface area contributed by atoms with Crippen molar-refractivity contribution < 1.29 is 4.74 Å². The van der Waals surface area contributed by atoms with Crippen molar-refractivity contribution in [3.8, 4) is 17.7 Å². The summed E-state index contributed by atoms with van der Waals surface area (Å²) in [4.78, 5) is 4.28. The molecule has 0 aliphatic heterocycles. The van der Waals surface area contributed by atoms with Crippen LogP contribution in [-0.4, -0.2) is 21.2 Å². The van der Waals surface area contributed by atoms with Crippen LogP contribution in [0.3, 0.4) is 0 Å². The average Bonchev–Trinajstić information content (AvgIpc) is 2.93. The van der Waals surface area contributed by atoms with Gasteiger partial charge in [0.2, 0.25) is 5.88 Å². The quantitative estimate of drug-likeness (QED) is 0.679. The molecule has 2 aromatic heterocycles. The van der Waals surface area contributed by atoms with Gasteiger partial charge in [-0.2, -0.15) is 10.1 Å². The van der Waals surface area contributed by atoms with Crippen LogP contribution in [0.15, 0.2) is 48.8 Å². The van der Waals surface area contributed by atoms with Gasteiger partial charge in [0.1, 0.15) is 0 Å². The molecule has 0 spiro atoms. The monoisotopic (exact) mass is 283 g/mol. The van der Waals surface area contributed by atoms with E-state index in [0.29, 0.717) is 10.9 Å². The lowest BCUT2D eigenvalue weighted by Crippen LogP contribution is -1.98. The number of rotatable bonds is 2. The van der Waals surface area contributed by atoms with Gasteiger partial charge in [-0.25, -0.2) is 4.52 Å². The van der Waals surface area contributed by atoms with Gasteiger partial charge in [-0.3, -0.25) is 0 Å². The topological polar surface area (TPSA) is 39.4 Å². The van der Waals surface area contributed by atoms with Crippen molar-refractivity contribution in [1.29, 1.82) is 0 Å². The molecule has 0 bridgehead atoms. The molecule has 0 saturated heterocycles. The number of hydrogen-bond donors (Lipinski definition) is 0. The molecule has 20 heavy (non-hydrogen) atoms. The zero-order valence-electron chi connectivity index (χ0n) is 10.5. The van der Waals surface area contributed by atoms with Crippen LogP contribution in [-0.2, 0) is 0 Å². The second-order valence-corrected chi connectivity index (χ2v) is 4.38. The van der Waals surface area contributed by atoms with Gasteiger partial charge >= 0.3 is 0 Å². The predicted octanol–water partition coefficient (Wildman–Crippen LogP) is 2.81. The average molecular weight is 284 g/mol. The highest BCUT2D eigenvalue weighted by Crippen LogP contribution is 2.13. The number of nitrogens with zero attached hydrogens (tertiary/aromatic N) is 3. The summed E-state index contributed by atoms with van der Waals surface area (Å²) < 4.78 is 7.15. The summed E-state index contributed by atoms with van der Waals surface area (Å²) in [5, 5.41) is 4.70. The summed E-state index contributed by atoms with van der Waals surface area (Å²) >= 11 is 6.01. The molecule has 5 heteroatoms. The third-order valence-corrected chi connectivity index (χ3v) is 2.95. The van der Waals surface area contributed by atoms with Crippen LogP contribution in [0.25, 0.3) is 5.65 Å². The first-order valence-electron chi connectivity index (χ1n) is 5.99. The summed E-state index contributed by atoms with van der Waals surface area (Å²) in [6, 6.07) is 11.0. The smallest absolute Gasteiger partial charge is 0.217 e. The molecule has 1 aromatic carbocycles. The molecule has 0 aliphatic carbocycles. The molecule has 4 nitrogen and oxygen atoms in total. The molecule has 0 radical (unpaired) electrons. The Morgan fingerprint density at radius 1 is 1.20 bits per heavy atom. The van der Waals surface area contributed by atoms with Gasteiger partial charge in [0.15, 0.2) is 12.3 Å². The summed E-state index contributed by atoms with van der Waals surface area (Å²) in [5.74, 6) is 6.40. The van der Waals surface area contributed by atoms with Crippen LogP contribution in [0.2, 0.25) is 5.02 Å². The Morgan fingerprint density at radius 2 is 2.10 bits per heavy atom. The van der Waals surface area contributed by atoms with Crippen molar-refractivity contribution in [3.63, 3.8) is 0 Å². The Kier molecular flexibility index (Phi) is 3.53. The van der Waals surface area contributed by atoms with Gasteiger partial charge in [-0.05, 0) is 12.1 Å². The van der Waals surface area contributed by atoms with E-state index in [2.05, 4.69) is 21.9 Å². The maximum absolute atomic E-state index is 6.01. The zero-order chi connectivity index (χ0) is 13.8. The standard InChI is InChI=1S/C15H10ClN3O/c16-13-6-2-1-4-12(13)5-3-11-20-15-8-10-19-14(18-15)7-9-17-19/h1-2,4,6-10H,11H2. The molecule has 0 N–H and O–H groups in total. The van der Waals surface area contributed by atoms with Gasteiger partial charge in [-0.15, -0.1) is 0 Å². The second-order valence-electron chi connectivity index (χ2n) is 3.97. The Morgan fingerprint density at radius 3 is 3.00 bits per heavy atom. The largest absolute Gasteiger partial charge is 0.464 e. The number of hydrogen-bond acceptors (Lipinski definition) is 3. The normalized spacial score (nSPS) is 10.1. The molecule has 0 amide bonds. The fraction of sp³-hybridized carbons (Fsp3) is 0.0667. The molecular formula is C15H10ClN3O. The van der Waals surface area contributed by atoms with Gasteiger partial charge in [0, 0.05) is 23.9 Å². The number of aromatic nitrogens is 3. The Bertz CT molecular complexity index is 801. The molecular weight excluding hydrogens is 274 g/mol. The second kappa shape index (κ2) is 5.64. The minimum atomic E-state index is 0.253. The first-order valence-corrected chi connectivity index (χ1v) is 6.37. The van der Waals surface area contributed by atoms with Gasteiger partial charge in [-0.1, -0.05) is 35.6 Å². The minimum Gasteiger partial charge on any atom is -0.464 e. The molecule has 2 heterocycles. The van der Waals surface area contributed by atoms with Crippen LogP contribution in [0.1, 0.15) is 5.56 Å². The van der Waals surface area contributed by atoms with Crippen LogP contribution in [0.5, 0.6) is 5.88 Å². The lowest BCUT2D eigenvalue weighted by molar-refractivity contribution is 0.355. The van der Waals surface area contributed by atoms with Crippen molar-refractivity contribution >= 4 is 17.2 Å². The molecule has 0 aliphatic rings. The number of fused-ring (bicyclic) bond motifs is 1. The Hall–Kier alpha value is -2.51. The van der Waals surface area contributed by atoms with Crippen LogP contribution in [0.4, 0.5) is 0 Å². The molecule has 0 fully saturated rings. The Balaban J connectivity index is 1.67. The molecule has 3 aromatic rings. The zero-order valence-corrected chi connectivity index (χ0v) is 11.2. The SMILES string of the molecule is Clc1ccccc1C#CCOc1ccn2nccc2n1. The fourth-order valence-corrected chi connectivity index (χ4v) is 1.86. The molecule has 0 saturated carbocycles. The summed E-state index contributed by atoms with van der Waals surface area (Å²) in [6.45, 7) is 0.253. The van der Waals surface area contributed by atoms with E-state index in [1.807, 2.05) is 30.3 Å². The third-order valence-electron chi connectivity index (χ3n) is 2.62. The van der Waals surface area contributed by atoms with E-state index < -0.39 is 0 Å². The van der Waals surface area contributed by atoms with E-state index in [1.165, 1.54) is 0 Å². The maximum atomic E-state index is 6.01. The third kappa shape index (κ3) is 2.73. The summed E-state index contributed by atoms with van der Waals surface area (Å²) in [5.41, 5.74) is 1.53. The van der Waals surface area contributed by atoms with Gasteiger partial charge in [0.25, 0.3) is 0 Å². The van der Waals surface area contributed by atoms with Crippen LogP contribution in [0, 0.1) is 11.8 Å². The van der Waals surface area contributed by atoms with Crippen molar-refractivity contribution in [1.82, 2.24) is 14.6 Å². The van der Waals surface area contributed by atoms with Crippen molar-refractivity contribution in [2.45, 2.75) is 0 Å². The van der Waals surface area contributed by atoms with Gasteiger partial charge in [0.05, 0.1) is 11.2 Å². The molecule has 3 rings (SSSR count). The first kappa shape index (κ1) is 12.5. The van der Waals surface area contributed by atoms with E-state index in [1.54, 1.807) is 23.0 Å². The number of halogens is 1. The van der Waals surface area contributed by atoms with E-state index in [4.69, 9.17) is 16.3 Å². The highest BCUT2D eigenvalue weighted by atomic mass is 35.5. The molecule has 0 atom stereocenters. The number of ether oxygens (including phenoxy) is 1. The highest BCUT2D eigenvalue weighted by Gasteiger charge is 1.98. The van der Waals surface area contributed by atoms with E-state index in [0.717, 1.165) is 11.2 Å². The van der Waals surface area contributed by atoms with Crippen molar-refractivity contribution in [2.75, 3.05) is 6.61 Å². The highest BCUT2D eigenvalue weighted by molar-refractivity contribution is 6.31. The Labute approximate surface area is 121 Å². The van der Waals surface area contributed by atoms with E-state index in [-0.39, 0.29) is 6.61 Å². The van der Waals surface area contributed by atoms with E-state index in [9.17, 15) is 0 Å². The maximum Gasteiger partial charge on any atom is 0.217 e. The van der Waals surface area contributed by atoms with Crippen molar-refractivity contribution in [3.05, 3.63) is 59.4 Å². The van der Waals surface area contributed by atoms with Gasteiger partial charge < -0.3 is 4.74 Å². The summed E-state index contributed by atoms with van der Waals surface area (Å²) in [7, 11) is 0. The minimum absolute atomic E-state index is 0.253. The lowest BCUT2D eigenvalue weighted by atomic mass is 10.2. The fourth-order valence-electron chi connectivity index (χ4n) is 1.68. The first-order chi connectivity index (χ1) is 9.83. The van der Waals surface area contributed by atoms with Crippen molar-refractivity contribution in [2.24, 2.45) is 0 Å². The molecule has 0 unspecified atom stereocenters. The summed E-state index contributed by atoms with van der Waals surface area (Å²) in [6.07, 6.45) is 3.47. The van der Waals surface area contributed by atoms with E-state index >= 15 is 0 Å². The predicted molar refractivity (Wildman–Crippen MR) is 76.8 cm³/mol. The molecule has 98 valence electrons. The lowest BCUT2D eigenvalue weighted by Gasteiger charge is -2.00.